The molecule has 0 aromatic carbocycles. The second-order valence-electron chi connectivity index (χ2n) is 2.69. The molecule has 0 bridgehead atoms. The maximum Gasteiger partial charge on any atom is 0.183 e. The number of halogens is 1. The Morgan fingerprint density at radius 3 is 2.08 bits per heavy atom. The summed E-state index contributed by atoms with van der Waals surface area (Å²) in [6.07, 6.45) is -5.95. The molecule has 0 aromatic heterocycles. The molecule has 1 saturated heterocycles. The second-order valence-corrected chi connectivity index (χ2v) is 3.57. The Morgan fingerprint density at radius 1 is 1.00 bits per heavy atom. The van der Waals surface area contributed by atoms with E-state index < -0.39 is 30.7 Å². The standard InChI is InChI=1S/C6H11IO5/c7-1-2-3(8)4(9)5(10)6(11)12-2/h2-6,8-11H,1H2/t2-,3-,4+,5-,6?/m1/s1/i7-3. The van der Waals surface area contributed by atoms with Gasteiger partial charge in [0.05, 0.1) is 6.10 Å². The molecule has 0 amide bonds. The fourth-order valence-corrected chi connectivity index (χ4v) is 1.79. The lowest BCUT2D eigenvalue weighted by Crippen LogP contribution is -2.57. The van der Waals surface area contributed by atoms with Crippen molar-refractivity contribution in [3.63, 3.8) is 0 Å². The normalized spacial score (nSPS) is 49.2. The summed E-state index contributed by atoms with van der Waals surface area (Å²) in [6, 6.07) is 0. The zero-order valence-corrected chi connectivity index (χ0v) is 8.33. The number of aliphatic hydroxyl groups is 4. The van der Waals surface area contributed by atoms with Crippen LogP contribution in [-0.4, -0.2) is 55.6 Å². The van der Waals surface area contributed by atoms with Crippen LogP contribution in [0.5, 0.6) is 0 Å². The van der Waals surface area contributed by atoms with Crippen LogP contribution in [0.25, 0.3) is 0 Å². The molecule has 1 fully saturated rings. The van der Waals surface area contributed by atoms with Gasteiger partial charge in [-0.15, -0.1) is 0 Å². The van der Waals surface area contributed by atoms with Crippen molar-refractivity contribution in [2.24, 2.45) is 0 Å². The third kappa shape index (κ3) is 1.88. The molecular weight excluding hydrogens is 276 g/mol. The maximum absolute atomic E-state index is 9.27. The van der Waals surface area contributed by atoms with Gasteiger partial charge < -0.3 is 25.2 Å². The molecule has 0 radical (unpaired) electrons. The number of alkyl halides is 1. The summed E-state index contributed by atoms with van der Waals surface area (Å²) < 4.78 is 5.26. The van der Waals surface area contributed by atoms with Gasteiger partial charge in [0.1, 0.15) is 18.3 Å². The van der Waals surface area contributed by atoms with Crippen molar-refractivity contribution in [2.45, 2.75) is 30.7 Å². The first-order valence-electron chi connectivity index (χ1n) is 3.51. The predicted octanol–water partition coefficient (Wildman–Crippen LogP) is -1.78. The summed E-state index contributed by atoms with van der Waals surface area (Å²) in [4.78, 5) is 0. The number of ether oxygens (including phenoxy) is 1. The Bertz CT molecular complexity index is 150. The molecule has 6 heteroatoms. The van der Waals surface area contributed by atoms with Crippen molar-refractivity contribution in [2.75, 3.05) is 4.43 Å². The van der Waals surface area contributed by atoms with Gasteiger partial charge in [0.25, 0.3) is 0 Å². The van der Waals surface area contributed by atoms with Gasteiger partial charge in [-0.2, -0.15) is 0 Å². The van der Waals surface area contributed by atoms with Gasteiger partial charge in [-0.05, 0) is 0 Å². The van der Waals surface area contributed by atoms with Crippen LogP contribution in [-0.2, 0) is 4.74 Å². The summed E-state index contributed by atoms with van der Waals surface area (Å²) >= 11 is 1.96. The Labute approximate surface area is 83.1 Å². The van der Waals surface area contributed by atoms with Crippen molar-refractivity contribution >= 4 is 22.6 Å². The van der Waals surface area contributed by atoms with E-state index in [1.165, 1.54) is 0 Å². The van der Waals surface area contributed by atoms with E-state index >= 15 is 0 Å². The lowest BCUT2D eigenvalue weighted by molar-refractivity contribution is -0.275. The molecule has 1 aliphatic heterocycles. The Hall–Kier alpha value is 0.530. The molecule has 0 saturated carbocycles. The van der Waals surface area contributed by atoms with Crippen molar-refractivity contribution in [1.29, 1.82) is 0 Å². The molecule has 1 aliphatic rings. The van der Waals surface area contributed by atoms with Gasteiger partial charge in [0.15, 0.2) is 6.29 Å². The predicted molar refractivity (Wildman–Crippen MR) is 47.8 cm³/mol. The Kier molecular flexibility index (Phi) is 3.68. The van der Waals surface area contributed by atoms with Crippen LogP contribution in [0.1, 0.15) is 0 Å². The average molecular weight is 287 g/mol. The van der Waals surface area contributed by atoms with Gasteiger partial charge in [0.2, 0.25) is 0 Å². The molecule has 1 unspecified atom stereocenters. The lowest BCUT2D eigenvalue weighted by Gasteiger charge is -2.37. The first-order valence-corrected chi connectivity index (χ1v) is 5.04. The molecule has 5 atom stereocenters. The van der Waals surface area contributed by atoms with Gasteiger partial charge in [-0.1, -0.05) is 22.6 Å². The smallest absolute Gasteiger partial charge is 0.183 e. The van der Waals surface area contributed by atoms with Gasteiger partial charge in [-0.25, -0.2) is 0 Å². The van der Waals surface area contributed by atoms with Gasteiger partial charge in [-0.3, -0.25) is 0 Å². The Morgan fingerprint density at radius 2 is 1.58 bits per heavy atom. The fourth-order valence-electron chi connectivity index (χ4n) is 1.06. The summed E-state index contributed by atoms with van der Waals surface area (Å²) in [5.74, 6) is 0. The van der Waals surface area contributed by atoms with Crippen molar-refractivity contribution in [3.8, 4) is 0 Å². The first kappa shape index (κ1) is 10.6. The van der Waals surface area contributed by atoms with E-state index in [4.69, 9.17) is 14.9 Å². The molecule has 5 nitrogen and oxygen atoms in total. The maximum atomic E-state index is 9.27. The minimum absolute atomic E-state index is 0.444. The molecule has 0 aliphatic carbocycles. The van der Waals surface area contributed by atoms with E-state index in [1.54, 1.807) is 0 Å². The topological polar surface area (TPSA) is 90.2 Å². The van der Waals surface area contributed by atoms with E-state index in [0.717, 1.165) is 0 Å². The van der Waals surface area contributed by atoms with Crippen LogP contribution in [0.2, 0.25) is 0 Å². The van der Waals surface area contributed by atoms with Crippen LogP contribution in [0.3, 0.4) is 0 Å². The van der Waals surface area contributed by atoms with Crippen LogP contribution >= 0.6 is 22.6 Å². The summed E-state index contributed by atoms with van der Waals surface area (Å²) in [5, 5.41) is 36.5. The molecule has 0 aromatic rings. The summed E-state index contributed by atoms with van der Waals surface area (Å²) in [6.45, 7) is 0. The Balaban J connectivity index is 2.63. The fraction of sp³-hybridized carbons (Fsp3) is 1.00. The van der Waals surface area contributed by atoms with Gasteiger partial charge in [0, 0.05) is 4.43 Å². The highest BCUT2D eigenvalue weighted by Crippen LogP contribution is 2.20. The van der Waals surface area contributed by atoms with Crippen molar-refractivity contribution in [3.05, 3.63) is 0 Å². The molecule has 4 N–H and O–H groups in total. The number of hydrogen-bond acceptors (Lipinski definition) is 5. The van der Waals surface area contributed by atoms with E-state index in [9.17, 15) is 10.2 Å². The number of aliphatic hydroxyl groups excluding tert-OH is 4. The van der Waals surface area contributed by atoms with Crippen LogP contribution in [0.15, 0.2) is 0 Å². The second kappa shape index (κ2) is 4.16. The van der Waals surface area contributed by atoms with E-state index in [1.807, 2.05) is 22.6 Å². The van der Waals surface area contributed by atoms with Crippen molar-refractivity contribution < 1.29 is 25.2 Å². The van der Waals surface area contributed by atoms with E-state index in [-0.39, 0.29) is 0 Å². The zero-order chi connectivity index (χ0) is 9.30. The third-order valence-corrected chi connectivity index (χ3v) is 2.71. The monoisotopic (exact) mass is 287 g/mol. The lowest BCUT2D eigenvalue weighted by atomic mass is 10.0. The number of hydrogen-bond donors (Lipinski definition) is 4. The highest BCUT2D eigenvalue weighted by molar-refractivity contribution is 14.1. The van der Waals surface area contributed by atoms with Crippen molar-refractivity contribution in [1.82, 2.24) is 0 Å². The van der Waals surface area contributed by atoms with Crippen LogP contribution in [0.4, 0.5) is 0 Å². The van der Waals surface area contributed by atoms with E-state index in [0.29, 0.717) is 4.43 Å². The SMILES string of the molecule is OC1O[C@H](C[124I])[C@@H](O)[C@H](O)[C@H]1O. The summed E-state index contributed by atoms with van der Waals surface area (Å²) in [7, 11) is 0. The third-order valence-electron chi connectivity index (χ3n) is 1.84. The van der Waals surface area contributed by atoms with Gasteiger partial charge >= 0.3 is 0 Å². The average Bonchev–Trinajstić information content (AvgIpc) is 2.08. The molecular formula is C6H11IO5. The largest absolute Gasteiger partial charge is 0.388 e. The molecule has 1 heterocycles. The van der Waals surface area contributed by atoms with Crippen LogP contribution < -0.4 is 0 Å². The van der Waals surface area contributed by atoms with E-state index in [2.05, 4.69) is 0 Å². The molecule has 72 valence electrons. The highest BCUT2D eigenvalue weighted by Gasteiger charge is 2.42. The molecule has 1 rings (SSSR count). The molecule has 12 heavy (non-hydrogen) atoms. The minimum Gasteiger partial charge on any atom is -0.388 e. The molecule has 0 spiro atoms. The minimum atomic E-state index is -1.43. The first-order chi connectivity index (χ1) is 5.57. The van der Waals surface area contributed by atoms with Crippen LogP contribution in [0, 0.1) is 0 Å². The quantitative estimate of drug-likeness (QED) is 0.338. The number of rotatable bonds is 1. The highest BCUT2D eigenvalue weighted by atomic mass is 124. The summed E-state index contributed by atoms with van der Waals surface area (Å²) in [5.41, 5.74) is 0. The zero-order valence-electron chi connectivity index (χ0n) is 6.17.